The molecule has 200 valence electrons. The van der Waals surface area contributed by atoms with Gasteiger partial charge < -0.3 is 19.8 Å². The normalized spacial score (nSPS) is 11.5. The summed E-state index contributed by atoms with van der Waals surface area (Å²) in [4.78, 5) is 8.73. The van der Waals surface area contributed by atoms with Crippen molar-refractivity contribution < 1.29 is 22.0 Å². The van der Waals surface area contributed by atoms with Crippen molar-refractivity contribution in [3.05, 3.63) is 103 Å². The zero-order valence-corrected chi connectivity index (χ0v) is 22.0. The van der Waals surface area contributed by atoms with Gasteiger partial charge >= 0.3 is 0 Å². The molecule has 0 aliphatic carbocycles. The highest BCUT2D eigenvalue weighted by Gasteiger charge is 2.11. The molecule has 2 heterocycles. The van der Waals surface area contributed by atoms with E-state index in [4.69, 9.17) is 9.15 Å². The molecule has 0 aliphatic heterocycles. The van der Waals surface area contributed by atoms with Gasteiger partial charge in [0.2, 0.25) is 0 Å². The van der Waals surface area contributed by atoms with Crippen LogP contribution >= 0.6 is 0 Å². The second-order valence-electron chi connectivity index (χ2n) is 9.11. The van der Waals surface area contributed by atoms with Gasteiger partial charge in [0, 0.05) is 35.5 Å². The minimum Gasteiger partial charge on any atom is -0.486 e. The SMILES string of the molecule is CS(=O)(=O)CCNCc1cc(-c2ccc3ncnc(Nc4ccc(OCc5ccccc5)c(F)c4)c3c2)co1. The molecule has 2 aromatic heterocycles. The number of hydrogen-bond acceptors (Lipinski definition) is 8. The quantitative estimate of drug-likeness (QED) is 0.210. The van der Waals surface area contributed by atoms with Crippen LogP contribution in [0.1, 0.15) is 11.3 Å². The topological polar surface area (TPSA) is 106 Å². The summed E-state index contributed by atoms with van der Waals surface area (Å²) in [6.07, 6.45) is 4.31. The molecule has 0 fully saturated rings. The maximum atomic E-state index is 14.8. The van der Waals surface area contributed by atoms with E-state index in [-0.39, 0.29) is 18.1 Å². The molecule has 2 N–H and O–H groups in total. The molecular weight excluding hydrogens is 519 g/mol. The first kappa shape index (κ1) is 26.3. The molecule has 8 nitrogen and oxygen atoms in total. The molecule has 5 rings (SSSR count). The Morgan fingerprint density at radius 1 is 0.974 bits per heavy atom. The van der Waals surface area contributed by atoms with E-state index in [0.717, 1.165) is 27.6 Å². The van der Waals surface area contributed by atoms with Crippen molar-refractivity contribution in [2.75, 3.05) is 23.9 Å². The Kier molecular flexibility index (Phi) is 7.85. The van der Waals surface area contributed by atoms with Gasteiger partial charge in [-0.15, -0.1) is 0 Å². The number of anilines is 2. The standard InChI is InChI=1S/C29H27FN4O4S/c1-39(35,36)12-11-31-16-24-13-22(18-37-24)21-7-9-27-25(14-21)29(33-19-32-27)34-23-8-10-28(26(30)15-23)38-17-20-5-3-2-4-6-20/h2-10,13-15,18-19,31H,11-12,16-17H2,1H3,(H,32,33,34). The van der Waals surface area contributed by atoms with Crippen LogP contribution in [0.2, 0.25) is 0 Å². The Morgan fingerprint density at radius 3 is 2.62 bits per heavy atom. The summed E-state index contributed by atoms with van der Waals surface area (Å²) in [7, 11) is -3.02. The van der Waals surface area contributed by atoms with Crippen LogP contribution in [0.15, 0.2) is 89.8 Å². The number of nitrogens with one attached hydrogen (secondary N) is 2. The van der Waals surface area contributed by atoms with Crippen molar-refractivity contribution in [2.45, 2.75) is 13.2 Å². The van der Waals surface area contributed by atoms with Gasteiger partial charge in [0.15, 0.2) is 11.6 Å². The monoisotopic (exact) mass is 546 g/mol. The minimum absolute atomic E-state index is 0.0638. The maximum absolute atomic E-state index is 14.8. The first-order chi connectivity index (χ1) is 18.8. The lowest BCUT2D eigenvalue weighted by atomic mass is 10.1. The van der Waals surface area contributed by atoms with Crippen molar-refractivity contribution in [3.63, 3.8) is 0 Å². The maximum Gasteiger partial charge on any atom is 0.167 e. The van der Waals surface area contributed by atoms with E-state index in [2.05, 4.69) is 20.6 Å². The van der Waals surface area contributed by atoms with Gasteiger partial charge in [-0.2, -0.15) is 0 Å². The molecule has 5 aromatic rings. The zero-order chi connectivity index (χ0) is 27.2. The van der Waals surface area contributed by atoms with E-state index in [0.29, 0.717) is 30.4 Å². The molecule has 0 saturated carbocycles. The van der Waals surface area contributed by atoms with Crippen molar-refractivity contribution in [2.24, 2.45) is 0 Å². The Morgan fingerprint density at radius 2 is 1.82 bits per heavy atom. The van der Waals surface area contributed by atoms with Crippen LogP contribution in [0.4, 0.5) is 15.9 Å². The molecule has 0 aliphatic rings. The molecule has 0 spiro atoms. The van der Waals surface area contributed by atoms with Gasteiger partial charge in [-0.05, 0) is 41.5 Å². The predicted octanol–water partition coefficient (Wildman–Crippen LogP) is 5.49. The van der Waals surface area contributed by atoms with Crippen molar-refractivity contribution in [1.82, 2.24) is 15.3 Å². The third kappa shape index (κ3) is 6.98. The van der Waals surface area contributed by atoms with Crippen LogP contribution in [0.25, 0.3) is 22.0 Å². The molecule has 39 heavy (non-hydrogen) atoms. The van der Waals surface area contributed by atoms with Gasteiger partial charge in [-0.25, -0.2) is 22.8 Å². The molecule has 0 radical (unpaired) electrons. The summed E-state index contributed by atoms with van der Waals surface area (Å²) in [5.74, 6) is 0.970. The molecule has 0 saturated heterocycles. The molecule has 10 heteroatoms. The van der Waals surface area contributed by atoms with E-state index >= 15 is 0 Å². The first-order valence-electron chi connectivity index (χ1n) is 12.3. The van der Waals surface area contributed by atoms with Crippen LogP contribution in [0.3, 0.4) is 0 Å². The van der Waals surface area contributed by atoms with Gasteiger partial charge in [-0.1, -0.05) is 36.4 Å². The molecule has 0 unspecified atom stereocenters. The number of halogens is 1. The van der Waals surface area contributed by atoms with Crippen molar-refractivity contribution in [3.8, 4) is 16.9 Å². The van der Waals surface area contributed by atoms with Gasteiger partial charge in [0.05, 0.1) is 24.1 Å². The predicted molar refractivity (Wildman–Crippen MR) is 149 cm³/mol. The lowest BCUT2D eigenvalue weighted by Crippen LogP contribution is -2.21. The summed E-state index contributed by atoms with van der Waals surface area (Å²) in [5.41, 5.74) is 3.96. The number of furan rings is 1. The Labute approximate surface area is 225 Å². The number of aromatic nitrogens is 2. The van der Waals surface area contributed by atoms with E-state index < -0.39 is 15.7 Å². The number of fused-ring (bicyclic) bond motifs is 1. The number of benzene rings is 3. The fourth-order valence-corrected chi connectivity index (χ4v) is 4.51. The lowest BCUT2D eigenvalue weighted by molar-refractivity contribution is 0.290. The molecule has 0 amide bonds. The largest absolute Gasteiger partial charge is 0.486 e. The first-order valence-corrected chi connectivity index (χ1v) is 14.3. The van der Waals surface area contributed by atoms with E-state index in [1.54, 1.807) is 18.4 Å². The number of ether oxygens (including phenoxy) is 1. The van der Waals surface area contributed by atoms with Crippen LogP contribution in [-0.4, -0.2) is 36.9 Å². The van der Waals surface area contributed by atoms with Crippen LogP contribution in [0, 0.1) is 5.82 Å². The second-order valence-corrected chi connectivity index (χ2v) is 11.4. The highest BCUT2D eigenvalue weighted by molar-refractivity contribution is 7.90. The third-order valence-corrected chi connectivity index (χ3v) is 6.95. The molecular formula is C29H27FN4O4S. The summed E-state index contributed by atoms with van der Waals surface area (Å²) >= 11 is 0. The van der Waals surface area contributed by atoms with E-state index in [9.17, 15) is 12.8 Å². The third-order valence-electron chi connectivity index (χ3n) is 6.00. The molecule has 3 aromatic carbocycles. The summed E-state index contributed by atoms with van der Waals surface area (Å²) in [6.45, 7) is 1.03. The van der Waals surface area contributed by atoms with Gasteiger partial charge in [0.25, 0.3) is 0 Å². The number of nitrogens with zero attached hydrogens (tertiary/aromatic N) is 2. The smallest absolute Gasteiger partial charge is 0.167 e. The van der Waals surface area contributed by atoms with Crippen LogP contribution in [0.5, 0.6) is 5.75 Å². The second kappa shape index (κ2) is 11.6. The van der Waals surface area contributed by atoms with E-state index in [1.807, 2.05) is 54.6 Å². The average Bonchev–Trinajstić information content (AvgIpc) is 3.40. The van der Waals surface area contributed by atoms with Crippen molar-refractivity contribution in [1.29, 1.82) is 0 Å². The minimum atomic E-state index is -3.02. The fraction of sp³-hybridized carbons (Fsp3) is 0.172. The summed E-state index contributed by atoms with van der Waals surface area (Å²) in [6, 6.07) is 21.9. The van der Waals surface area contributed by atoms with Crippen LogP contribution < -0.4 is 15.4 Å². The highest BCUT2D eigenvalue weighted by atomic mass is 32.2. The highest BCUT2D eigenvalue weighted by Crippen LogP contribution is 2.31. The molecule has 0 atom stereocenters. The van der Waals surface area contributed by atoms with Gasteiger partial charge in [0.1, 0.15) is 34.3 Å². The number of sulfone groups is 1. The Balaban J connectivity index is 1.30. The number of hydrogen-bond donors (Lipinski definition) is 2. The Bertz CT molecular complexity index is 1690. The summed E-state index contributed by atoms with van der Waals surface area (Å²) in [5, 5.41) is 7.02. The fourth-order valence-electron chi connectivity index (χ4n) is 4.00. The zero-order valence-electron chi connectivity index (χ0n) is 21.2. The van der Waals surface area contributed by atoms with Crippen molar-refractivity contribution >= 4 is 32.2 Å². The summed E-state index contributed by atoms with van der Waals surface area (Å²) < 4.78 is 48.6. The van der Waals surface area contributed by atoms with E-state index in [1.165, 1.54) is 18.6 Å². The average molecular weight is 547 g/mol. The van der Waals surface area contributed by atoms with Gasteiger partial charge in [-0.3, -0.25) is 0 Å². The number of rotatable bonds is 11. The van der Waals surface area contributed by atoms with Crippen LogP contribution in [-0.2, 0) is 23.0 Å². The molecule has 0 bridgehead atoms. The Hall–Kier alpha value is -4.28. The lowest BCUT2D eigenvalue weighted by Gasteiger charge is -2.12.